The monoisotopic (exact) mass is 473 g/mol. The number of amides is 2. The highest BCUT2D eigenvalue weighted by Crippen LogP contribution is 2.31. The molecule has 0 spiro atoms. The van der Waals surface area contributed by atoms with E-state index in [1.54, 1.807) is 36.4 Å². The maximum atomic E-state index is 13.4. The first kappa shape index (κ1) is 23.4. The van der Waals surface area contributed by atoms with Gasteiger partial charge in [0.2, 0.25) is 12.2 Å². The number of imide groups is 1. The molecule has 0 aromatic heterocycles. The molecule has 0 N–H and O–H groups in total. The highest BCUT2D eigenvalue weighted by Gasteiger charge is 2.54. The average Bonchev–Trinajstić information content (AvgIpc) is 3.12. The van der Waals surface area contributed by atoms with Crippen LogP contribution in [0.5, 0.6) is 0 Å². The number of para-hydroxylation sites is 1. The summed E-state index contributed by atoms with van der Waals surface area (Å²) in [6.45, 7) is 0. The molecule has 35 heavy (non-hydrogen) atoms. The lowest BCUT2D eigenvalue weighted by atomic mass is 10.1. The Morgan fingerprint density at radius 2 is 1.06 bits per heavy atom. The summed E-state index contributed by atoms with van der Waals surface area (Å²) in [7, 11) is 1.15. The lowest BCUT2D eigenvalue weighted by Crippen LogP contribution is -2.37. The zero-order chi connectivity index (χ0) is 24.9. The van der Waals surface area contributed by atoms with Crippen molar-refractivity contribution in [2.24, 2.45) is 0 Å². The van der Waals surface area contributed by atoms with E-state index >= 15 is 0 Å². The van der Waals surface area contributed by atoms with Crippen LogP contribution < -0.4 is 4.90 Å². The zero-order valence-electron chi connectivity index (χ0n) is 18.5. The van der Waals surface area contributed by atoms with E-state index in [-0.39, 0.29) is 22.4 Å². The number of carbonyl (C=O) groups is 5. The molecule has 1 aliphatic heterocycles. The van der Waals surface area contributed by atoms with Crippen molar-refractivity contribution < 1.29 is 38.2 Å². The van der Waals surface area contributed by atoms with Gasteiger partial charge in [-0.05, 0) is 36.4 Å². The summed E-state index contributed by atoms with van der Waals surface area (Å²) in [5, 5.41) is 0. The van der Waals surface area contributed by atoms with Crippen LogP contribution in [0.4, 0.5) is 5.69 Å². The van der Waals surface area contributed by atoms with Crippen molar-refractivity contribution in [3.05, 3.63) is 102 Å². The number of esters is 3. The number of ether oxygens (including phenoxy) is 3. The third-order valence-corrected chi connectivity index (χ3v) is 5.24. The van der Waals surface area contributed by atoms with Gasteiger partial charge in [0.05, 0.1) is 29.5 Å². The lowest BCUT2D eigenvalue weighted by Gasteiger charge is -2.17. The van der Waals surface area contributed by atoms with Crippen LogP contribution in [0.2, 0.25) is 0 Å². The van der Waals surface area contributed by atoms with Crippen molar-refractivity contribution in [3.8, 4) is 0 Å². The Labute approximate surface area is 199 Å². The molecule has 2 atom stereocenters. The predicted molar refractivity (Wildman–Crippen MR) is 122 cm³/mol. The number of benzene rings is 3. The molecule has 1 heterocycles. The van der Waals surface area contributed by atoms with E-state index in [9.17, 15) is 24.0 Å². The highest BCUT2D eigenvalue weighted by molar-refractivity contribution is 6.26. The number of carbonyl (C=O) groups excluding carboxylic acids is 5. The van der Waals surface area contributed by atoms with Gasteiger partial charge < -0.3 is 14.2 Å². The van der Waals surface area contributed by atoms with Gasteiger partial charge in [0, 0.05) is 0 Å². The van der Waals surface area contributed by atoms with Crippen LogP contribution in [0.25, 0.3) is 0 Å². The average molecular weight is 473 g/mol. The number of anilines is 1. The molecule has 0 saturated carbocycles. The zero-order valence-corrected chi connectivity index (χ0v) is 18.5. The van der Waals surface area contributed by atoms with Crippen LogP contribution in [0, 0.1) is 0 Å². The first-order valence-corrected chi connectivity index (χ1v) is 10.5. The molecule has 0 aliphatic carbocycles. The summed E-state index contributed by atoms with van der Waals surface area (Å²) in [6.07, 6.45) is -3.54. The van der Waals surface area contributed by atoms with Gasteiger partial charge in [-0.2, -0.15) is 0 Å². The van der Waals surface area contributed by atoms with E-state index in [1.807, 2.05) is 0 Å². The van der Waals surface area contributed by atoms with Gasteiger partial charge in [0.1, 0.15) is 0 Å². The smallest absolute Gasteiger partial charge is 0.339 e. The minimum Gasteiger partial charge on any atom is -0.465 e. The Hall–Kier alpha value is -4.79. The first-order chi connectivity index (χ1) is 16.9. The number of methoxy groups -OCH3 is 1. The van der Waals surface area contributed by atoms with Crippen LogP contribution in [0.3, 0.4) is 0 Å². The quantitative estimate of drug-likeness (QED) is 0.305. The SMILES string of the molecule is COC(=O)c1ccccc1N1C(=O)[C@@H](OC(=O)c2ccccc2)[C@H](OC(=O)c2ccccc2)C1=O. The molecule has 9 nitrogen and oxygen atoms in total. The number of nitrogens with zero attached hydrogens (tertiary/aromatic N) is 1. The molecule has 176 valence electrons. The van der Waals surface area contributed by atoms with Gasteiger partial charge >= 0.3 is 17.9 Å². The van der Waals surface area contributed by atoms with Crippen molar-refractivity contribution in [3.63, 3.8) is 0 Å². The van der Waals surface area contributed by atoms with Gasteiger partial charge in [-0.1, -0.05) is 48.5 Å². The second-order valence-electron chi connectivity index (χ2n) is 7.40. The third-order valence-electron chi connectivity index (χ3n) is 5.24. The van der Waals surface area contributed by atoms with Gasteiger partial charge in [-0.15, -0.1) is 0 Å². The van der Waals surface area contributed by atoms with Crippen LogP contribution in [0.15, 0.2) is 84.9 Å². The topological polar surface area (TPSA) is 116 Å². The maximum absolute atomic E-state index is 13.4. The van der Waals surface area contributed by atoms with Crippen LogP contribution in [-0.4, -0.2) is 49.0 Å². The standard InChI is InChI=1S/C26H19NO8/c1-33-26(32)18-14-8-9-15-19(18)27-22(28)20(34-24(30)16-10-4-2-5-11-16)21(23(27)29)35-25(31)17-12-6-3-7-13-17/h2-15,20-21H,1H3/t20-,21-/m0/s1. The summed E-state index contributed by atoms with van der Waals surface area (Å²) < 4.78 is 15.5. The Bertz CT molecular complexity index is 1220. The van der Waals surface area contributed by atoms with Crippen molar-refractivity contribution in [2.75, 3.05) is 12.0 Å². The van der Waals surface area contributed by atoms with Gasteiger partial charge in [-0.3, -0.25) is 9.59 Å². The van der Waals surface area contributed by atoms with E-state index in [2.05, 4.69) is 0 Å². The van der Waals surface area contributed by atoms with E-state index < -0.39 is 41.9 Å². The minimum absolute atomic E-state index is 0.0696. The Morgan fingerprint density at radius 1 is 0.629 bits per heavy atom. The molecular weight excluding hydrogens is 454 g/mol. The largest absolute Gasteiger partial charge is 0.465 e. The minimum atomic E-state index is -1.77. The Kier molecular flexibility index (Phi) is 6.68. The normalized spacial score (nSPS) is 17.1. The number of hydrogen-bond donors (Lipinski definition) is 0. The summed E-state index contributed by atoms with van der Waals surface area (Å²) in [6, 6.07) is 21.4. The summed E-state index contributed by atoms with van der Waals surface area (Å²) in [5.41, 5.74) is 0.108. The molecule has 9 heteroatoms. The molecule has 2 amide bonds. The molecule has 0 bridgehead atoms. The molecule has 0 radical (unpaired) electrons. The van der Waals surface area contributed by atoms with Crippen molar-refractivity contribution in [2.45, 2.75) is 12.2 Å². The van der Waals surface area contributed by atoms with E-state index in [0.29, 0.717) is 4.90 Å². The fraction of sp³-hybridized carbons (Fsp3) is 0.115. The first-order valence-electron chi connectivity index (χ1n) is 10.5. The second-order valence-corrected chi connectivity index (χ2v) is 7.40. The molecule has 0 unspecified atom stereocenters. The maximum Gasteiger partial charge on any atom is 0.339 e. The molecule has 3 aromatic rings. The number of rotatable bonds is 6. The second kappa shape index (κ2) is 10.0. The molecule has 1 aliphatic rings. The molecular formula is C26H19NO8. The molecule has 3 aromatic carbocycles. The van der Waals surface area contributed by atoms with Crippen LogP contribution in [0.1, 0.15) is 31.1 Å². The summed E-state index contributed by atoms with van der Waals surface area (Å²) in [5.74, 6) is -4.51. The van der Waals surface area contributed by atoms with Crippen LogP contribution >= 0.6 is 0 Å². The van der Waals surface area contributed by atoms with Gasteiger partial charge in [-0.25, -0.2) is 19.3 Å². The van der Waals surface area contributed by atoms with E-state index in [4.69, 9.17) is 14.2 Å². The third kappa shape index (κ3) is 4.65. The van der Waals surface area contributed by atoms with Crippen molar-refractivity contribution >= 4 is 35.4 Å². The summed E-state index contributed by atoms with van der Waals surface area (Å²) in [4.78, 5) is 65.0. The van der Waals surface area contributed by atoms with Crippen molar-refractivity contribution in [1.29, 1.82) is 0 Å². The van der Waals surface area contributed by atoms with Crippen molar-refractivity contribution in [1.82, 2.24) is 0 Å². The molecule has 1 saturated heterocycles. The highest BCUT2D eigenvalue weighted by atomic mass is 16.6. The summed E-state index contributed by atoms with van der Waals surface area (Å²) >= 11 is 0. The number of hydrogen-bond acceptors (Lipinski definition) is 8. The Balaban J connectivity index is 1.71. The lowest BCUT2D eigenvalue weighted by molar-refractivity contribution is -0.130. The van der Waals surface area contributed by atoms with Gasteiger partial charge in [0.15, 0.2) is 0 Å². The Morgan fingerprint density at radius 3 is 1.51 bits per heavy atom. The molecule has 4 rings (SSSR count). The van der Waals surface area contributed by atoms with Crippen LogP contribution in [-0.2, 0) is 23.8 Å². The van der Waals surface area contributed by atoms with Gasteiger partial charge in [0.25, 0.3) is 11.8 Å². The molecule has 1 fully saturated rings. The fourth-order valence-electron chi connectivity index (χ4n) is 3.55. The predicted octanol–water partition coefficient (Wildman–Crippen LogP) is 2.80. The van der Waals surface area contributed by atoms with E-state index in [0.717, 1.165) is 7.11 Å². The van der Waals surface area contributed by atoms with E-state index in [1.165, 1.54) is 48.5 Å². The fourth-order valence-corrected chi connectivity index (χ4v) is 3.55.